The molecule has 0 spiro atoms. The summed E-state index contributed by atoms with van der Waals surface area (Å²) in [7, 11) is 0. The number of hydrogen-bond acceptors (Lipinski definition) is 5. The Morgan fingerprint density at radius 1 is 0.909 bits per heavy atom. The fourth-order valence-corrected chi connectivity index (χ4v) is 3.26. The van der Waals surface area contributed by atoms with Gasteiger partial charge in [-0.3, -0.25) is 19.2 Å². The van der Waals surface area contributed by atoms with E-state index in [1.54, 1.807) is 0 Å². The Hall–Kier alpha value is -2.94. The largest absolute Gasteiger partial charge is 0.480 e. The summed E-state index contributed by atoms with van der Waals surface area (Å²) in [4.78, 5) is 49.6. The average molecular weight is 463 g/mol. The second-order valence-electron chi connectivity index (χ2n) is 8.93. The van der Waals surface area contributed by atoms with Crippen LogP contribution in [0.25, 0.3) is 0 Å². The van der Waals surface area contributed by atoms with Crippen LogP contribution in [0.5, 0.6) is 0 Å². The summed E-state index contributed by atoms with van der Waals surface area (Å²) < 4.78 is 0. The number of carbonyl (C=O) groups is 4. The molecule has 1 aromatic rings. The third-order valence-corrected chi connectivity index (χ3v) is 5.50. The van der Waals surface area contributed by atoms with Gasteiger partial charge in [0.1, 0.15) is 18.1 Å². The predicted octanol–water partition coefficient (Wildman–Crippen LogP) is 1.21. The van der Waals surface area contributed by atoms with E-state index in [4.69, 9.17) is 10.8 Å². The number of aliphatic carboxylic acids is 1. The molecule has 184 valence electrons. The van der Waals surface area contributed by atoms with Gasteiger partial charge < -0.3 is 26.8 Å². The Labute approximate surface area is 195 Å². The van der Waals surface area contributed by atoms with E-state index < -0.39 is 47.9 Å². The van der Waals surface area contributed by atoms with Crippen molar-refractivity contribution in [1.82, 2.24) is 16.0 Å². The van der Waals surface area contributed by atoms with Crippen molar-refractivity contribution >= 4 is 23.7 Å². The van der Waals surface area contributed by atoms with Crippen molar-refractivity contribution in [2.75, 3.05) is 0 Å². The Bertz CT molecular complexity index is 799. The summed E-state index contributed by atoms with van der Waals surface area (Å²) in [6.45, 7) is 8.86. The standard InChI is InChI=1S/C24H38N4O5/c1-6-15(4)20(28-21(29)18(25)13-17-10-8-7-9-11-17)23(31)27-19(12-14(2)3)22(30)26-16(5)24(32)33/h7-11,14-16,18-20H,6,12-13,25H2,1-5H3,(H,26,30)(H,27,31)(H,28,29)(H,32,33). The van der Waals surface area contributed by atoms with Crippen LogP contribution in [0.15, 0.2) is 30.3 Å². The molecule has 9 heteroatoms. The maximum Gasteiger partial charge on any atom is 0.325 e. The van der Waals surface area contributed by atoms with E-state index in [0.717, 1.165) is 5.56 Å². The number of carboxylic acid groups (broad SMARTS) is 1. The zero-order chi connectivity index (χ0) is 25.1. The molecule has 0 heterocycles. The van der Waals surface area contributed by atoms with Crippen LogP contribution in [0, 0.1) is 11.8 Å². The minimum atomic E-state index is -1.17. The van der Waals surface area contributed by atoms with Crippen LogP contribution in [-0.2, 0) is 25.6 Å². The first-order valence-corrected chi connectivity index (χ1v) is 11.4. The lowest BCUT2D eigenvalue weighted by atomic mass is 9.96. The lowest BCUT2D eigenvalue weighted by Gasteiger charge is -2.28. The fourth-order valence-electron chi connectivity index (χ4n) is 3.26. The zero-order valence-corrected chi connectivity index (χ0v) is 20.1. The summed E-state index contributed by atoms with van der Waals surface area (Å²) in [5.41, 5.74) is 6.98. The molecule has 1 aromatic carbocycles. The second-order valence-corrected chi connectivity index (χ2v) is 8.93. The number of nitrogens with one attached hydrogen (secondary N) is 3. The van der Waals surface area contributed by atoms with Crippen LogP contribution in [0.2, 0.25) is 0 Å². The van der Waals surface area contributed by atoms with E-state index in [2.05, 4.69) is 16.0 Å². The van der Waals surface area contributed by atoms with Gasteiger partial charge in [-0.25, -0.2) is 0 Å². The first-order valence-electron chi connectivity index (χ1n) is 11.4. The highest BCUT2D eigenvalue weighted by Crippen LogP contribution is 2.12. The van der Waals surface area contributed by atoms with Crippen LogP contribution < -0.4 is 21.7 Å². The van der Waals surface area contributed by atoms with Crippen LogP contribution >= 0.6 is 0 Å². The lowest BCUT2D eigenvalue weighted by molar-refractivity contribution is -0.142. The van der Waals surface area contributed by atoms with Crippen molar-refractivity contribution in [3.8, 4) is 0 Å². The van der Waals surface area contributed by atoms with Crippen LogP contribution in [-0.4, -0.2) is 53.0 Å². The zero-order valence-electron chi connectivity index (χ0n) is 20.1. The number of amides is 3. The summed E-state index contributed by atoms with van der Waals surface area (Å²) in [5.74, 6) is -2.86. The molecule has 0 saturated carbocycles. The minimum absolute atomic E-state index is 0.0668. The normalized spacial score (nSPS) is 15.6. The average Bonchev–Trinajstić information content (AvgIpc) is 2.76. The summed E-state index contributed by atoms with van der Waals surface area (Å²) >= 11 is 0. The SMILES string of the molecule is CCC(C)C(NC(=O)C(N)Cc1ccccc1)C(=O)NC(CC(C)C)C(=O)NC(C)C(=O)O. The summed E-state index contributed by atoms with van der Waals surface area (Å²) in [5, 5.41) is 16.9. The molecular weight excluding hydrogens is 424 g/mol. The third-order valence-electron chi connectivity index (χ3n) is 5.50. The van der Waals surface area contributed by atoms with Crippen LogP contribution in [0.4, 0.5) is 0 Å². The van der Waals surface area contributed by atoms with E-state index in [-0.39, 0.29) is 11.8 Å². The van der Waals surface area contributed by atoms with E-state index in [1.807, 2.05) is 58.0 Å². The molecule has 9 nitrogen and oxygen atoms in total. The molecule has 0 aliphatic heterocycles. The summed E-state index contributed by atoms with van der Waals surface area (Å²) in [6, 6.07) is 5.60. The Morgan fingerprint density at radius 2 is 1.52 bits per heavy atom. The Kier molecular flexibility index (Phi) is 11.6. The molecule has 1 rings (SSSR count). The topological polar surface area (TPSA) is 151 Å². The van der Waals surface area contributed by atoms with Crippen molar-refractivity contribution in [1.29, 1.82) is 0 Å². The molecule has 3 amide bonds. The molecule has 5 atom stereocenters. The number of nitrogens with two attached hydrogens (primary N) is 1. The third kappa shape index (κ3) is 9.61. The maximum absolute atomic E-state index is 13.1. The number of hydrogen-bond donors (Lipinski definition) is 5. The van der Waals surface area contributed by atoms with Gasteiger partial charge in [0.15, 0.2) is 0 Å². The smallest absolute Gasteiger partial charge is 0.325 e. The Morgan fingerprint density at radius 3 is 2.03 bits per heavy atom. The van der Waals surface area contributed by atoms with Crippen molar-refractivity contribution in [2.45, 2.75) is 78.0 Å². The van der Waals surface area contributed by atoms with Gasteiger partial charge in [0.05, 0.1) is 6.04 Å². The first kappa shape index (κ1) is 28.1. The van der Waals surface area contributed by atoms with Crippen LogP contribution in [0.3, 0.4) is 0 Å². The van der Waals surface area contributed by atoms with Gasteiger partial charge in [0.25, 0.3) is 0 Å². The maximum atomic E-state index is 13.1. The van der Waals surface area contributed by atoms with Gasteiger partial charge in [-0.2, -0.15) is 0 Å². The molecule has 0 radical (unpaired) electrons. The quantitative estimate of drug-likeness (QED) is 0.297. The minimum Gasteiger partial charge on any atom is -0.480 e. The number of benzene rings is 1. The van der Waals surface area contributed by atoms with Crippen molar-refractivity contribution in [3.05, 3.63) is 35.9 Å². The molecule has 0 saturated heterocycles. The first-order chi connectivity index (χ1) is 15.5. The van der Waals surface area contributed by atoms with Crippen molar-refractivity contribution in [2.24, 2.45) is 17.6 Å². The number of carboxylic acids is 1. The van der Waals surface area contributed by atoms with Gasteiger partial charge in [-0.1, -0.05) is 64.4 Å². The van der Waals surface area contributed by atoms with E-state index in [9.17, 15) is 19.2 Å². The van der Waals surface area contributed by atoms with E-state index in [1.165, 1.54) is 6.92 Å². The molecule has 33 heavy (non-hydrogen) atoms. The van der Waals surface area contributed by atoms with E-state index in [0.29, 0.717) is 19.3 Å². The molecule has 0 aliphatic rings. The molecule has 5 unspecified atom stereocenters. The van der Waals surface area contributed by atoms with Gasteiger partial charge in [0.2, 0.25) is 17.7 Å². The predicted molar refractivity (Wildman–Crippen MR) is 126 cm³/mol. The highest BCUT2D eigenvalue weighted by molar-refractivity contribution is 5.94. The molecule has 0 aliphatic carbocycles. The fraction of sp³-hybridized carbons (Fsp3) is 0.583. The molecule has 0 fully saturated rings. The highest BCUT2D eigenvalue weighted by atomic mass is 16.4. The Balaban J connectivity index is 2.92. The van der Waals surface area contributed by atoms with Crippen LogP contribution in [0.1, 0.15) is 53.0 Å². The molecule has 6 N–H and O–H groups in total. The van der Waals surface area contributed by atoms with Crippen molar-refractivity contribution < 1.29 is 24.3 Å². The van der Waals surface area contributed by atoms with Crippen molar-refractivity contribution in [3.63, 3.8) is 0 Å². The van der Waals surface area contributed by atoms with Gasteiger partial charge in [-0.05, 0) is 37.2 Å². The number of rotatable bonds is 13. The second kappa shape index (κ2) is 13.6. The van der Waals surface area contributed by atoms with Gasteiger partial charge in [-0.15, -0.1) is 0 Å². The monoisotopic (exact) mass is 462 g/mol. The van der Waals surface area contributed by atoms with Gasteiger partial charge in [0, 0.05) is 0 Å². The molecular formula is C24H38N4O5. The number of carbonyl (C=O) groups excluding carboxylic acids is 3. The van der Waals surface area contributed by atoms with Gasteiger partial charge >= 0.3 is 5.97 Å². The molecule has 0 bridgehead atoms. The summed E-state index contributed by atoms with van der Waals surface area (Å²) in [6.07, 6.45) is 1.26. The lowest BCUT2D eigenvalue weighted by Crippen LogP contribution is -2.58. The van der Waals surface area contributed by atoms with E-state index >= 15 is 0 Å². The highest BCUT2D eigenvalue weighted by Gasteiger charge is 2.32. The molecule has 0 aromatic heterocycles.